The molecular formula is C21H27FN4O5S. The Morgan fingerprint density at radius 3 is 2.28 bits per heavy atom. The van der Waals surface area contributed by atoms with Crippen molar-refractivity contribution in [2.75, 3.05) is 31.9 Å². The molecule has 174 valence electrons. The molecule has 1 unspecified atom stereocenters. The van der Waals surface area contributed by atoms with Crippen LogP contribution in [0.1, 0.15) is 13.8 Å². The molecule has 1 fully saturated rings. The van der Waals surface area contributed by atoms with E-state index in [1.165, 1.54) is 16.4 Å². The first-order valence-corrected chi connectivity index (χ1v) is 11.9. The fourth-order valence-corrected chi connectivity index (χ4v) is 5.33. The molecule has 2 heterocycles. The summed E-state index contributed by atoms with van der Waals surface area (Å²) < 4.78 is 39.9. The minimum absolute atomic E-state index is 0.210. The van der Waals surface area contributed by atoms with Gasteiger partial charge < -0.3 is 4.84 Å². The molecule has 9 nitrogen and oxygen atoms in total. The summed E-state index contributed by atoms with van der Waals surface area (Å²) in [6.07, 6.45) is 1.63. The highest BCUT2D eigenvalue weighted by atomic mass is 32.2. The van der Waals surface area contributed by atoms with Crippen LogP contribution in [0.4, 0.5) is 4.39 Å². The standard InChI is InChI=1S/C21H27FN4O5S/c1-15(2)19(21(27)24-28)14-32(29,30)26-11-9-25(10-12-26)31-20-8-5-17(13-23-20)16-3-6-18(22)7-4-16/h3-8,13,15,19,28H,9-12,14H2,1-2H3,(H,24,27). The van der Waals surface area contributed by atoms with Crippen molar-refractivity contribution in [3.05, 3.63) is 48.4 Å². The lowest BCUT2D eigenvalue weighted by Crippen LogP contribution is -2.51. The zero-order valence-electron chi connectivity index (χ0n) is 17.9. The van der Waals surface area contributed by atoms with Crippen LogP contribution in [-0.4, -0.2) is 65.8 Å². The van der Waals surface area contributed by atoms with E-state index in [1.807, 2.05) is 6.07 Å². The van der Waals surface area contributed by atoms with Crippen LogP contribution < -0.4 is 10.3 Å². The summed E-state index contributed by atoms with van der Waals surface area (Å²) in [6.45, 7) is 4.55. The smallest absolute Gasteiger partial charge is 0.247 e. The van der Waals surface area contributed by atoms with E-state index in [-0.39, 0.29) is 30.6 Å². The number of aromatic nitrogens is 1. The van der Waals surface area contributed by atoms with Gasteiger partial charge in [0.25, 0.3) is 0 Å². The van der Waals surface area contributed by atoms with E-state index in [0.717, 1.165) is 11.1 Å². The number of hydrogen-bond donors (Lipinski definition) is 2. The van der Waals surface area contributed by atoms with E-state index in [2.05, 4.69) is 4.98 Å². The van der Waals surface area contributed by atoms with Crippen LogP contribution in [0.2, 0.25) is 0 Å². The van der Waals surface area contributed by atoms with Crippen LogP contribution in [0.5, 0.6) is 5.88 Å². The molecule has 1 saturated heterocycles. The van der Waals surface area contributed by atoms with Crippen molar-refractivity contribution < 1.29 is 27.6 Å². The van der Waals surface area contributed by atoms with Gasteiger partial charge in [0.1, 0.15) is 5.82 Å². The fraction of sp³-hybridized carbons (Fsp3) is 0.429. The third-order valence-corrected chi connectivity index (χ3v) is 7.30. The second-order valence-corrected chi connectivity index (χ2v) is 9.93. The Morgan fingerprint density at radius 1 is 1.12 bits per heavy atom. The number of sulfonamides is 1. The quantitative estimate of drug-likeness (QED) is 0.451. The monoisotopic (exact) mass is 466 g/mol. The van der Waals surface area contributed by atoms with Crippen molar-refractivity contribution in [2.24, 2.45) is 11.8 Å². The van der Waals surface area contributed by atoms with Crippen LogP contribution in [-0.2, 0) is 14.8 Å². The number of carbonyl (C=O) groups is 1. The van der Waals surface area contributed by atoms with Gasteiger partial charge in [-0.05, 0) is 29.7 Å². The highest BCUT2D eigenvalue weighted by Crippen LogP contribution is 2.22. The molecule has 11 heteroatoms. The summed E-state index contributed by atoms with van der Waals surface area (Å²) in [6, 6.07) is 9.61. The van der Waals surface area contributed by atoms with Crippen molar-refractivity contribution in [1.29, 1.82) is 0 Å². The third kappa shape index (κ3) is 6.00. The Morgan fingerprint density at radius 2 is 1.75 bits per heavy atom. The van der Waals surface area contributed by atoms with Gasteiger partial charge in [0.2, 0.25) is 21.8 Å². The first kappa shape index (κ1) is 24.1. The van der Waals surface area contributed by atoms with Crippen LogP contribution in [0, 0.1) is 17.7 Å². The topological polar surface area (TPSA) is 112 Å². The van der Waals surface area contributed by atoms with Crippen LogP contribution in [0.15, 0.2) is 42.6 Å². The number of piperazine rings is 1. The number of halogens is 1. The van der Waals surface area contributed by atoms with Gasteiger partial charge in [0.15, 0.2) is 0 Å². The molecule has 0 bridgehead atoms. The number of amides is 1. The average molecular weight is 467 g/mol. The predicted octanol–water partition coefficient (Wildman–Crippen LogP) is 1.91. The van der Waals surface area contributed by atoms with E-state index in [4.69, 9.17) is 10.0 Å². The van der Waals surface area contributed by atoms with Gasteiger partial charge in [-0.15, -0.1) is 5.06 Å². The zero-order valence-corrected chi connectivity index (χ0v) is 18.8. The van der Waals surface area contributed by atoms with E-state index in [9.17, 15) is 17.6 Å². The third-order valence-electron chi connectivity index (χ3n) is 5.37. The second kappa shape index (κ2) is 10.3. The molecule has 1 aliphatic rings. The Balaban J connectivity index is 1.55. The van der Waals surface area contributed by atoms with Gasteiger partial charge in [-0.25, -0.2) is 23.3 Å². The highest BCUT2D eigenvalue weighted by molar-refractivity contribution is 7.89. The summed E-state index contributed by atoms with van der Waals surface area (Å²) in [4.78, 5) is 21.8. The second-order valence-electron chi connectivity index (χ2n) is 7.92. The van der Waals surface area contributed by atoms with Crippen LogP contribution >= 0.6 is 0 Å². The molecule has 1 atom stereocenters. The van der Waals surface area contributed by atoms with Crippen molar-refractivity contribution in [3.8, 4) is 17.0 Å². The maximum absolute atomic E-state index is 13.1. The number of nitrogens with zero attached hydrogens (tertiary/aromatic N) is 3. The number of carbonyl (C=O) groups excluding carboxylic acids is 1. The van der Waals surface area contributed by atoms with Gasteiger partial charge in [-0.2, -0.15) is 4.31 Å². The molecule has 2 N–H and O–H groups in total. The van der Waals surface area contributed by atoms with Gasteiger partial charge in [-0.1, -0.05) is 26.0 Å². The van der Waals surface area contributed by atoms with Crippen molar-refractivity contribution in [2.45, 2.75) is 13.8 Å². The van der Waals surface area contributed by atoms with Gasteiger partial charge in [-0.3, -0.25) is 10.0 Å². The zero-order chi connectivity index (χ0) is 23.3. The SMILES string of the molecule is CC(C)C(CS(=O)(=O)N1CCN(Oc2ccc(-c3ccc(F)cc3)cn2)CC1)C(=O)NO. The maximum Gasteiger partial charge on any atom is 0.247 e. The van der Waals surface area contributed by atoms with E-state index >= 15 is 0 Å². The molecule has 1 aliphatic heterocycles. The number of pyridine rings is 1. The van der Waals surface area contributed by atoms with Crippen LogP contribution in [0.25, 0.3) is 11.1 Å². The number of nitrogens with one attached hydrogen (secondary N) is 1. The number of hydroxylamine groups is 3. The average Bonchev–Trinajstić information content (AvgIpc) is 2.78. The summed E-state index contributed by atoms with van der Waals surface area (Å²) >= 11 is 0. The summed E-state index contributed by atoms with van der Waals surface area (Å²) in [5, 5.41) is 10.5. The highest BCUT2D eigenvalue weighted by Gasteiger charge is 2.34. The first-order chi connectivity index (χ1) is 15.2. The molecular weight excluding hydrogens is 439 g/mol. The molecule has 0 aliphatic carbocycles. The summed E-state index contributed by atoms with van der Waals surface area (Å²) in [5.41, 5.74) is 3.20. The Bertz CT molecular complexity index is 1010. The van der Waals surface area contributed by atoms with Crippen molar-refractivity contribution >= 4 is 15.9 Å². The minimum Gasteiger partial charge on any atom is -0.386 e. The van der Waals surface area contributed by atoms with Crippen LogP contribution in [0.3, 0.4) is 0 Å². The Hall–Kier alpha value is -2.60. The first-order valence-electron chi connectivity index (χ1n) is 10.3. The normalized spacial score (nSPS) is 16.7. The number of rotatable bonds is 8. The largest absolute Gasteiger partial charge is 0.386 e. The maximum atomic E-state index is 13.1. The predicted molar refractivity (Wildman–Crippen MR) is 115 cm³/mol. The van der Waals surface area contributed by atoms with E-state index in [0.29, 0.717) is 19.0 Å². The molecule has 0 saturated carbocycles. The fourth-order valence-electron chi connectivity index (χ4n) is 3.40. The Labute approximate surface area is 186 Å². The molecule has 0 radical (unpaired) electrons. The van der Waals surface area contributed by atoms with E-state index < -0.39 is 21.8 Å². The molecule has 1 aromatic heterocycles. The van der Waals surface area contributed by atoms with Crippen molar-refractivity contribution in [1.82, 2.24) is 19.8 Å². The Kier molecular flexibility index (Phi) is 7.77. The van der Waals surface area contributed by atoms with Crippen molar-refractivity contribution in [3.63, 3.8) is 0 Å². The minimum atomic E-state index is -3.68. The molecule has 1 aromatic carbocycles. The van der Waals surface area contributed by atoms with E-state index in [1.54, 1.807) is 48.8 Å². The molecule has 1 amide bonds. The molecule has 2 aromatic rings. The number of benzene rings is 1. The lowest BCUT2D eigenvalue weighted by molar-refractivity contribution is -0.134. The molecule has 3 rings (SSSR count). The molecule has 32 heavy (non-hydrogen) atoms. The summed E-state index contributed by atoms with van der Waals surface area (Å²) in [7, 11) is -3.68. The van der Waals surface area contributed by atoms with Gasteiger partial charge in [0.05, 0.1) is 11.7 Å². The lowest BCUT2D eigenvalue weighted by atomic mass is 9.97. The van der Waals surface area contributed by atoms with Gasteiger partial charge in [0, 0.05) is 44.0 Å². The number of hydrogen-bond acceptors (Lipinski definition) is 7. The van der Waals surface area contributed by atoms with Gasteiger partial charge >= 0.3 is 0 Å². The lowest BCUT2D eigenvalue weighted by Gasteiger charge is -2.33. The summed E-state index contributed by atoms with van der Waals surface area (Å²) in [5.74, 6) is -2.11. The molecule has 0 spiro atoms.